The zero-order valence-corrected chi connectivity index (χ0v) is 21.4. The Hall–Kier alpha value is -2.89. The molecule has 0 bridgehead atoms. The average Bonchev–Trinajstić information content (AvgIpc) is 3.48. The highest BCUT2D eigenvalue weighted by atomic mass is 19.1. The number of para-hydroxylation sites is 1. The molecule has 192 valence electrons. The fourth-order valence-corrected chi connectivity index (χ4v) is 6.29. The monoisotopic (exact) mass is 491 g/mol. The van der Waals surface area contributed by atoms with Crippen molar-refractivity contribution in [3.8, 4) is 0 Å². The van der Waals surface area contributed by atoms with Crippen LogP contribution in [0.25, 0.3) is 0 Å². The maximum absolute atomic E-state index is 14.3. The molecule has 3 fully saturated rings. The summed E-state index contributed by atoms with van der Waals surface area (Å²) >= 11 is 0. The van der Waals surface area contributed by atoms with Gasteiger partial charge in [0, 0.05) is 51.1 Å². The molecule has 1 saturated carbocycles. The summed E-state index contributed by atoms with van der Waals surface area (Å²) in [5, 5.41) is 0. The van der Waals surface area contributed by atoms with Crippen LogP contribution in [0.3, 0.4) is 0 Å². The van der Waals surface area contributed by atoms with Gasteiger partial charge in [-0.05, 0) is 48.9 Å². The van der Waals surface area contributed by atoms with Gasteiger partial charge in [-0.1, -0.05) is 56.2 Å². The van der Waals surface area contributed by atoms with Gasteiger partial charge in [-0.15, -0.1) is 0 Å². The molecule has 2 saturated heterocycles. The van der Waals surface area contributed by atoms with Gasteiger partial charge in [-0.3, -0.25) is 9.59 Å². The molecule has 2 heterocycles. The van der Waals surface area contributed by atoms with E-state index in [1.54, 1.807) is 12.1 Å². The maximum atomic E-state index is 14.3. The van der Waals surface area contributed by atoms with E-state index in [4.69, 9.17) is 0 Å². The van der Waals surface area contributed by atoms with Crippen LogP contribution in [0.1, 0.15) is 56.1 Å². The lowest BCUT2D eigenvalue weighted by Gasteiger charge is -2.42. The number of aryl methyl sites for hydroxylation is 1. The highest BCUT2D eigenvalue weighted by Crippen LogP contribution is 2.35. The Balaban J connectivity index is 1.29. The van der Waals surface area contributed by atoms with Gasteiger partial charge in [0.25, 0.3) is 0 Å². The van der Waals surface area contributed by atoms with Crippen molar-refractivity contribution < 1.29 is 14.0 Å². The zero-order chi connectivity index (χ0) is 25.1. The number of piperidine rings is 1. The lowest BCUT2D eigenvalue weighted by molar-refractivity contribution is -0.143. The van der Waals surface area contributed by atoms with E-state index in [1.165, 1.54) is 17.2 Å². The van der Waals surface area contributed by atoms with Crippen LogP contribution in [0.5, 0.6) is 0 Å². The van der Waals surface area contributed by atoms with Gasteiger partial charge in [0.15, 0.2) is 0 Å². The Kier molecular flexibility index (Phi) is 7.59. The molecule has 0 unspecified atom stereocenters. The molecule has 5 nitrogen and oxygen atoms in total. The minimum atomic E-state index is -0.220. The second-order valence-corrected chi connectivity index (χ2v) is 10.7. The summed E-state index contributed by atoms with van der Waals surface area (Å²) in [5.41, 5.74) is 3.12. The number of anilines is 1. The molecule has 0 radical (unpaired) electrons. The number of amides is 2. The molecular formula is C30H38FN3O2. The van der Waals surface area contributed by atoms with Crippen molar-refractivity contribution in [1.82, 2.24) is 9.80 Å². The number of carbonyl (C=O) groups excluding carboxylic acids is 2. The lowest BCUT2D eigenvalue weighted by Crippen LogP contribution is -2.54. The minimum Gasteiger partial charge on any atom is -0.366 e. The Bertz CT molecular complexity index is 1060. The predicted octanol–water partition coefficient (Wildman–Crippen LogP) is 4.86. The van der Waals surface area contributed by atoms with Crippen molar-refractivity contribution in [2.45, 2.75) is 51.4 Å². The average molecular weight is 492 g/mol. The van der Waals surface area contributed by atoms with Crippen LogP contribution in [-0.2, 0) is 16.0 Å². The van der Waals surface area contributed by atoms with Crippen molar-refractivity contribution in [1.29, 1.82) is 0 Å². The fourth-order valence-electron chi connectivity index (χ4n) is 6.29. The van der Waals surface area contributed by atoms with Crippen molar-refractivity contribution >= 4 is 17.5 Å². The smallest absolute Gasteiger partial charge is 0.227 e. The first kappa shape index (κ1) is 24.8. The molecule has 0 aromatic heterocycles. The highest BCUT2D eigenvalue weighted by Gasteiger charge is 2.39. The molecule has 6 heteroatoms. The van der Waals surface area contributed by atoms with Gasteiger partial charge in [0.2, 0.25) is 11.8 Å². The third kappa shape index (κ3) is 5.28. The summed E-state index contributed by atoms with van der Waals surface area (Å²) in [6, 6.07) is 15.5. The lowest BCUT2D eigenvalue weighted by atomic mass is 9.82. The van der Waals surface area contributed by atoms with E-state index in [9.17, 15) is 14.0 Å². The number of rotatable bonds is 5. The molecule has 36 heavy (non-hydrogen) atoms. The maximum Gasteiger partial charge on any atom is 0.227 e. The number of hydrogen-bond donors (Lipinski definition) is 0. The van der Waals surface area contributed by atoms with E-state index in [-0.39, 0.29) is 35.4 Å². The molecule has 2 amide bonds. The van der Waals surface area contributed by atoms with E-state index >= 15 is 0 Å². The van der Waals surface area contributed by atoms with Crippen LogP contribution in [0.15, 0.2) is 48.5 Å². The Morgan fingerprint density at radius 2 is 1.50 bits per heavy atom. The van der Waals surface area contributed by atoms with E-state index in [0.29, 0.717) is 45.0 Å². The first-order valence-electron chi connectivity index (χ1n) is 13.7. The first-order valence-corrected chi connectivity index (χ1v) is 13.7. The number of nitrogens with zero attached hydrogens (tertiary/aromatic N) is 3. The fraction of sp³-hybridized carbons (Fsp3) is 0.533. The topological polar surface area (TPSA) is 43.9 Å². The Labute approximate surface area is 214 Å². The number of benzene rings is 2. The molecule has 5 rings (SSSR count). The second-order valence-electron chi connectivity index (χ2n) is 10.7. The van der Waals surface area contributed by atoms with Gasteiger partial charge >= 0.3 is 0 Å². The predicted molar refractivity (Wildman–Crippen MR) is 140 cm³/mol. The molecule has 0 spiro atoms. The Morgan fingerprint density at radius 1 is 0.833 bits per heavy atom. The van der Waals surface area contributed by atoms with Gasteiger partial charge in [-0.2, -0.15) is 0 Å². The third-order valence-electron chi connectivity index (χ3n) is 8.46. The second kappa shape index (κ2) is 11.0. The minimum absolute atomic E-state index is 0.117. The van der Waals surface area contributed by atoms with Crippen molar-refractivity contribution in [3.05, 3.63) is 65.5 Å². The van der Waals surface area contributed by atoms with E-state index in [2.05, 4.69) is 31.2 Å². The quantitative estimate of drug-likeness (QED) is 0.600. The standard InChI is InChI=1S/C30H38FN3O2/c1-2-22-11-13-23(14-12-22)25-19-26(21-34(20-25)29(35)24-7-3-4-8-24)30(36)33-17-15-32(16-18-33)28-10-6-5-9-27(28)31/h5-6,9-14,24-26H,2-4,7-8,15-21H2,1H3/t25-,26+/m1/s1. The summed E-state index contributed by atoms with van der Waals surface area (Å²) < 4.78 is 14.3. The molecule has 2 atom stereocenters. The molecule has 0 N–H and O–H groups in total. The molecule has 2 aromatic carbocycles. The highest BCUT2D eigenvalue weighted by molar-refractivity contribution is 5.83. The van der Waals surface area contributed by atoms with Crippen LogP contribution < -0.4 is 4.90 Å². The summed E-state index contributed by atoms with van der Waals surface area (Å²) in [5.74, 6) is 0.254. The number of piperazine rings is 1. The third-order valence-corrected chi connectivity index (χ3v) is 8.46. The van der Waals surface area contributed by atoms with Gasteiger partial charge in [0.05, 0.1) is 11.6 Å². The number of carbonyl (C=O) groups is 2. The van der Waals surface area contributed by atoms with Crippen LogP contribution in [0, 0.1) is 17.7 Å². The SMILES string of the molecule is CCc1ccc([C@@H]2C[C@H](C(=O)N3CCN(c4ccccc4F)CC3)CN(C(=O)C3CCCC3)C2)cc1. The Morgan fingerprint density at radius 3 is 2.17 bits per heavy atom. The van der Waals surface area contributed by atoms with Gasteiger partial charge in [0.1, 0.15) is 5.82 Å². The van der Waals surface area contributed by atoms with Crippen molar-refractivity contribution in [3.63, 3.8) is 0 Å². The number of hydrogen-bond acceptors (Lipinski definition) is 3. The first-order chi connectivity index (χ1) is 17.5. The van der Waals surface area contributed by atoms with Crippen LogP contribution in [-0.4, -0.2) is 60.9 Å². The molecule has 3 aliphatic rings. The van der Waals surface area contributed by atoms with Crippen molar-refractivity contribution in [2.75, 3.05) is 44.2 Å². The van der Waals surface area contributed by atoms with E-state index < -0.39 is 0 Å². The number of halogens is 1. The van der Waals surface area contributed by atoms with Crippen molar-refractivity contribution in [2.24, 2.45) is 11.8 Å². The van der Waals surface area contributed by atoms with E-state index in [1.807, 2.05) is 20.8 Å². The number of likely N-dealkylation sites (tertiary alicyclic amines) is 1. The largest absolute Gasteiger partial charge is 0.366 e. The normalized spacial score (nSPS) is 23.2. The summed E-state index contributed by atoms with van der Waals surface area (Å²) in [4.78, 5) is 33.1. The van der Waals surface area contributed by atoms with Crippen LogP contribution in [0.4, 0.5) is 10.1 Å². The van der Waals surface area contributed by atoms with Gasteiger partial charge < -0.3 is 14.7 Å². The van der Waals surface area contributed by atoms with Gasteiger partial charge in [-0.25, -0.2) is 4.39 Å². The molecule has 2 aliphatic heterocycles. The molecule has 1 aliphatic carbocycles. The van der Waals surface area contributed by atoms with Crippen LogP contribution >= 0.6 is 0 Å². The summed E-state index contributed by atoms with van der Waals surface area (Å²) in [6.45, 7) is 5.76. The summed E-state index contributed by atoms with van der Waals surface area (Å²) in [6.07, 6.45) is 5.97. The molecular weight excluding hydrogens is 453 g/mol. The van der Waals surface area contributed by atoms with Crippen LogP contribution in [0.2, 0.25) is 0 Å². The summed E-state index contributed by atoms with van der Waals surface area (Å²) in [7, 11) is 0. The molecule has 2 aromatic rings. The van der Waals surface area contributed by atoms with E-state index in [0.717, 1.165) is 38.5 Å². The zero-order valence-electron chi connectivity index (χ0n) is 21.4.